The predicted octanol–water partition coefficient (Wildman–Crippen LogP) is 4.54. The zero-order valence-electron chi connectivity index (χ0n) is 15.3. The van der Waals surface area contributed by atoms with E-state index in [4.69, 9.17) is 21.7 Å². The van der Waals surface area contributed by atoms with Crippen molar-refractivity contribution in [3.05, 3.63) is 64.6 Å². The summed E-state index contributed by atoms with van der Waals surface area (Å²) in [7, 11) is 1.64. The summed E-state index contributed by atoms with van der Waals surface area (Å²) in [4.78, 5) is 15.0. The quantitative estimate of drug-likeness (QED) is 0.505. The summed E-state index contributed by atoms with van der Waals surface area (Å²) in [6.45, 7) is 3.15. The molecular formula is C21H21NO3S2. The molecule has 3 rings (SSSR count). The van der Waals surface area contributed by atoms with Crippen LogP contribution in [-0.2, 0) is 11.2 Å². The van der Waals surface area contributed by atoms with Crippen molar-refractivity contribution in [3.63, 3.8) is 0 Å². The Morgan fingerprint density at radius 1 is 1.07 bits per heavy atom. The highest BCUT2D eigenvalue weighted by molar-refractivity contribution is 8.26. The minimum absolute atomic E-state index is 0.0348. The number of hydrogen-bond donors (Lipinski definition) is 0. The molecule has 0 bridgehead atoms. The molecule has 2 aromatic rings. The molecule has 0 unspecified atom stereocenters. The van der Waals surface area contributed by atoms with Gasteiger partial charge in [0.25, 0.3) is 5.91 Å². The van der Waals surface area contributed by atoms with Gasteiger partial charge in [0, 0.05) is 6.54 Å². The third-order valence-corrected chi connectivity index (χ3v) is 5.52. The van der Waals surface area contributed by atoms with Crippen molar-refractivity contribution < 1.29 is 14.3 Å². The molecule has 27 heavy (non-hydrogen) atoms. The van der Waals surface area contributed by atoms with Crippen molar-refractivity contribution in [1.29, 1.82) is 0 Å². The number of rotatable bonds is 7. The predicted molar refractivity (Wildman–Crippen MR) is 114 cm³/mol. The smallest absolute Gasteiger partial charge is 0.266 e. The van der Waals surface area contributed by atoms with Crippen LogP contribution in [0.5, 0.6) is 11.5 Å². The highest BCUT2D eigenvalue weighted by Gasteiger charge is 2.31. The average Bonchev–Trinajstić information content (AvgIpc) is 2.95. The monoisotopic (exact) mass is 399 g/mol. The number of amides is 1. The van der Waals surface area contributed by atoms with E-state index in [-0.39, 0.29) is 5.91 Å². The first-order valence-corrected chi connectivity index (χ1v) is 9.94. The fourth-order valence-electron chi connectivity index (χ4n) is 2.70. The molecule has 1 amide bonds. The van der Waals surface area contributed by atoms with Crippen LogP contribution in [0, 0.1) is 0 Å². The SMILES string of the molecule is CCOc1ccc(/C=C2\SC(=S)N(CCc3ccc(OC)cc3)C2=O)cc1. The van der Waals surface area contributed by atoms with Crippen molar-refractivity contribution >= 4 is 40.3 Å². The molecule has 1 saturated heterocycles. The van der Waals surface area contributed by atoms with Crippen LogP contribution in [-0.4, -0.2) is 35.4 Å². The van der Waals surface area contributed by atoms with E-state index in [2.05, 4.69) is 0 Å². The number of thiocarbonyl (C=S) groups is 1. The van der Waals surface area contributed by atoms with Crippen LogP contribution >= 0.6 is 24.0 Å². The Morgan fingerprint density at radius 3 is 2.37 bits per heavy atom. The van der Waals surface area contributed by atoms with E-state index >= 15 is 0 Å². The molecule has 1 heterocycles. The molecule has 0 aromatic heterocycles. The summed E-state index contributed by atoms with van der Waals surface area (Å²) in [5, 5.41) is 0. The molecule has 0 spiro atoms. The van der Waals surface area contributed by atoms with Gasteiger partial charge in [0.1, 0.15) is 15.8 Å². The molecular weight excluding hydrogens is 378 g/mol. The second-order valence-corrected chi connectivity index (χ2v) is 7.61. The largest absolute Gasteiger partial charge is 0.497 e. The summed E-state index contributed by atoms with van der Waals surface area (Å²) in [6, 6.07) is 15.5. The lowest BCUT2D eigenvalue weighted by molar-refractivity contribution is -0.122. The number of ether oxygens (including phenoxy) is 2. The molecule has 0 atom stereocenters. The van der Waals surface area contributed by atoms with Gasteiger partial charge in [0.05, 0.1) is 18.6 Å². The third kappa shape index (κ3) is 4.90. The van der Waals surface area contributed by atoms with E-state index in [1.165, 1.54) is 11.8 Å². The number of thioether (sulfide) groups is 1. The van der Waals surface area contributed by atoms with Gasteiger partial charge >= 0.3 is 0 Å². The van der Waals surface area contributed by atoms with E-state index in [0.29, 0.717) is 22.4 Å². The Kier molecular flexibility index (Phi) is 6.53. The normalized spacial score (nSPS) is 15.5. The summed E-state index contributed by atoms with van der Waals surface area (Å²) < 4.78 is 11.2. The number of carbonyl (C=O) groups excluding carboxylic acids is 1. The Hall–Kier alpha value is -2.31. The van der Waals surface area contributed by atoms with Crippen molar-refractivity contribution in [1.82, 2.24) is 4.90 Å². The van der Waals surface area contributed by atoms with Crippen LogP contribution in [0.1, 0.15) is 18.1 Å². The zero-order valence-corrected chi connectivity index (χ0v) is 16.9. The lowest BCUT2D eigenvalue weighted by atomic mass is 10.1. The Bertz CT molecular complexity index is 845. The summed E-state index contributed by atoms with van der Waals surface area (Å²) in [5.74, 6) is 1.61. The summed E-state index contributed by atoms with van der Waals surface area (Å²) in [5.41, 5.74) is 2.09. The van der Waals surface area contributed by atoms with Gasteiger partial charge in [-0.25, -0.2) is 0 Å². The van der Waals surface area contributed by atoms with E-state index in [1.807, 2.05) is 61.5 Å². The molecule has 1 aliphatic rings. The van der Waals surface area contributed by atoms with Crippen LogP contribution in [0.4, 0.5) is 0 Å². The summed E-state index contributed by atoms with van der Waals surface area (Å²) >= 11 is 6.76. The zero-order chi connectivity index (χ0) is 19.2. The van der Waals surface area contributed by atoms with Gasteiger partial charge in [-0.2, -0.15) is 0 Å². The molecule has 0 N–H and O–H groups in total. The highest BCUT2D eigenvalue weighted by Crippen LogP contribution is 2.33. The lowest BCUT2D eigenvalue weighted by Crippen LogP contribution is -2.30. The van der Waals surface area contributed by atoms with Gasteiger partial charge in [-0.1, -0.05) is 48.2 Å². The maximum Gasteiger partial charge on any atom is 0.266 e. The average molecular weight is 400 g/mol. The molecule has 1 fully saturated rings. The van der Waals surface area contributed by atoms with Crippen LogP contribution in [0.15, 0.2) is 53.4 Å². The van der Waals surface area contributed by atoms with Gasteiger partial charge in [-0.15, -0.1) is 0 Å². The minimum Gasteiger partial charge on any atom is -0.497 e. The fraction of sp³-hybridized carbons (Fsp3) is 0.238. The number of hydrogen-bond acceptors (Lipinski definition) is 5. The van der Waals surface area contributed by atoms with Gasteiger partial charge in [-0.05, 0) is 54.8 Å². The van der Waals surface area contributed by atoms with E-state index in [0.717, 1.165) is 29.0 Å². The van der Waals surface area contributed by atoms with Gasteiger partial charge in [0.2, 0.25) is 0 Å². The van der Waals surface area contributed by atoms with Gasteiger partial charge in [-0.3, -0.25) is 9.69 Å². The maximum atomic E-state index is 12.7. The molecule has 4 nitrogen and oxygen atoms in total. The van der Waals surface area contributed by atoms with Crippen molar-refractivity contribution in [2.75, 3.05) is 20.3 Å². The van der Waals surface area contributed by atoms with Crippen LogP contribution in [0.3, 0.4) is 0 Å². The first kappa shape index (κ1) is 19.5. The van der Waals surface area contributed by atoms with Gasteiger partial charge < -0.3 is 9.47 Å². The Balaban J connectivity index is 1.64. The first-order chi connectivity index (χ1) is 13.1. The second kappa shape index (κ2) is 9.06. The molecule has 1 aliphatic heterocycles. The lowest BCUT2D eigenvalue weighted by Gasteiger charge is -2.14. The molecule has 6 heteroatoms. The van der Waals surface area contributed by atoms with Crippen LogP contribution in [0.2, 0.25) is 0 Å². The molecule has 0 radical (unpaired) electrons. The molecule has 2 aromatic carbocycles. The standard InChI is InChI=1S/C21H21NO3S2/c1-3-25-18-10-6-16(7-11-18)14-19-20(23)22(21(26)27-19)13-12-15-4-8-17(24-2)9-5-15/h4-11,14H,3,12-13H2,1-2H3/b19-14-. The van der Waals surface area contributed by atoms with Crippen molar-refractivity contribution in [3.8, 4) is 11.5 Å². The van der Waals surface area contributed by atoms with Crippen LogP contribution < -0.4 is 9.47 Å². The van der Waals surface area contributed by atoms with Gasteiger partial charge in [0.15, 0.2) is 0 Å². The third-order valence-electron chi connectivity index (χ3n) is 4.15. The molecule has 0 saturated carbocycles. The number of nitrogens with zero attached hydrogens (tertiary/aromatic N) is 1. The van der Waals surface area contributed by atoms with E-state index in [1.54, 1.807) is 12.0 Å². The highest BCUT2D eigenvalue weighted by atomic mass is 32.2. The molecule has 140 valence electrons. The van der Waals surface area contributed by atoms with Crippen molar-refractivity contribution in [2.24, 2.45) is 0 Å². The summed E-state index contributed by atoms with van der Waals surface area (Å²) in [6.07, 6.45) is 2.62. The number of carbonyl (C=O) groups is 1. The Labute approximate surface area is 169 Å². The first-order valence-electron chi connectivity index (χ1n) is 8.72. The van der Waals surface area contributed by atoms with E-state index < -0.39 is 0 Å². The fourth-order valence-corrected chi connectivity index (χ4v) is 4.01. The second-order valence-electron chi connectivity index (χ2n) is 5.93. The minimum atomic E-state index is -0.0348. The number of methoxy groups -OCH3 is 1. The maximum absolute atomic E-state index is 12.7. The molecule has 0 aliphatic carbocycles. The number of benzene rings is 2. The van der Waals surface area contributed by atoms with Crippen molar-refractivity contribution in [2.45, 2.75) is 13.3 Å². The van der Waals surface area contributed by atoms with E-state index in [9.17, 15) is 4.79 Å². The Morgan fingerprint density at radius 2 is 1.74 bits per heavy atom. The van der Waals surface area contributed by atoms with Crippen LogP contribution in [0.25, 0.3) is 6.08 Å². The topological polar surface area (TPSA) is 38.8 Å².